The van der Waals surface area contributed by atoms with Crippen LogP contribution < -0.4 is 17.0 Å². The van der Waals surface area contributed by atoms with Crippen LogP contribution in [-0.2, 0) is 6.54 Å². The molecule has 88 valence electrons. The Morgan fingerprint density at radius 1 is 1.50 bits per heavy atom. The van der Waals surface area contributed by atoms with E-state index >= 15 is 0 Å². The summed E-state index contributed by atoms with van der Waals surface area (Å²) in [5, 5.41) is 0. The minimum atomic E-state index is -0.432. The first-order valence-electron chi connectivity index (χ1n) is 5.66. The zero-order chi connectivity index (χ0) is 11.8. The van der Waals surface area contributed by atoms with Crippen LogP contribution >= 0.6 is 0 Å². The average Bonchev–Trinajstić information content (AvgIpc) is 2.14. The topological polar surface area (TPSA) is 80.9 Å². The molecule has 0 unspecified atom stereocenters. The fourth-order valence-corrected chi connectivity index (χ4v) is 2.34. The normalized spacial score (nSPS) is 18.1. The maximum atomic E-state index is 11.6. The van der Waals surface area contributed by atoms with Crippen LogP contribution in [0.3, 0.4) is 0 Å². The zero-order valence-corrected chi connectivity index (χ0v) is 9.45. The van der Waals surface area contributed by atoms with Gasteiger partial charge in [0.1, 0.15) is 5.82 Å². The van der Waals surface area contributed by atoms with Crippen molar-refractivity contribution in [2.45, 2.75) is 39.2 Å². The molecule has 0 spiro atoms. The van der Waals surface area contributed by atoms with E-state index in [0.717, 1.165) is 19.3 Å². The Morgan fingerprint density at radius 2 is 2.19 bits per heavy atom. The van der Waals surface area contributed by atoms with Crippen molar-refractivity contribution in [1.82, 2.24) is 9.55 Å². The Labute approximate surface area is 93.3 Å². The van der Waals surface area contributed by atoms with Crippen molar-refractivity contribution in [3.8, 4) is 0 Å². The van der Waals surface area contributed by atoms with E-state index < -0.39 is 11.2 Å². The third-order valence-electron chi connectivity index (χ3n) is 3.72. The average molecular weight is 223 g/mol. The van der Waals surface area contributed by atoms with E-state index in [4.69, 9.17) is 5.73 Å². The largest absolute Gasteiger partial charge is 0.385 e. The van der Waals surface area contributed by atoms with Gasteiger partial charge >= 0.3 is 5.69 Å². The number of nitrogens with two attached hydrogens (primary N) is 1. The Morgan fingerprint density at radius 3 is 2.62 bits per heavy atom. The third kappa shape index (κ3) is 1.77. The van der Waals surface area contributed by atoms with Crippen molar-refractivity contribution in [3.63, 3.8) is 0 Å². The van der Waals surface area contributed by atoms with Gasteiger partial charge in [0.15, 0.2) is 0 Å². The molecule has 1 aliphatic carbocycles. The van der Waals surface area contributed by atoms with Gasteiger partial charge in [-0.3, -0.25) is 14.3 Å². The van der Waals surface area contributed by atoms with Crippen LogP contribution in [0.1, 0.15) is 32.6 Å². The molecule has 0 bridgehead atoms. The molecule has 1 aromatic rings. The van der Waals surface area contributed by atoms with Crippen LogP contribution in [0.5, 0.6) is 0 Å². The molecule has 16 heavy (non-hydrogen) atoms. The molecule has 5 heteroatoms. The molecule has 2 rings (SSSR count). The van der Waals surface area contributed by atoms with E-state index in [2.05, 4.69) is 11.9 Å². The predicted molar refractivity (Wildman–Crippen MR) is 62.3 cm³/mol. The number of H-pyrrole nitrogens is 1. The molecule has 0 aromatic carbocycles. The molecular weight excluding hydrogens is 206 g/mol. The van der Waals surface area contributed by atoms with Crippen molar-refractivity contribution >= 4 is 5.82 Å². The van der Waals surface area contributed by atoms with Gasteiger partial charge in [0, 0.05) is 12.6 Å². The lowest BCUT2D eigenvalue weighted by molar-refractivity contribution is 0.0991. The first-order valence-corrected chi connectivity index (χ1v) is 5.66. The molecular formula is C11H17N3O2. The summed E-state index contributed by atoms with van der Waals surface area (Å²) >= 11 is 0. The summed E-state index contributed by atoms with van der Waals surface area (Å²) in [6.07, 6.45) is 4.52. The molecule has 0 amide bonds. The minimum Gasteiger partial charge on any atom is -0.385 e. The second kappa shape index (κ2) is 3.81. The van der Waals surface area contributed by atoms with Crippen molar-refractivity contribution in [2.24, 2.45) is 5.41 Å². The van der Waals surface area contributed by atoms with Gasteiger partial charge in [0.05, 0.1) is 0 Å². The number of hydrogen-bond donors (Lipinski definition) is 2. The molecule has 5 nitrogen and oxygen atoms in total. The van der Waals surface area contributed by atoms with Gasteiger partial charge in [-0.2, -0.15) is 0 Å². The summed E-state index contributed by atoms with van der Waals surface area (Å²) in [7, 11) is 0. The molecule has 0 atom stereocenters. The molecule has 1 aliphatic rings. The summed E-state index contributed by atoms with van der Waals surface area (Å²) in [6, 6.07) is 1.27. The highest BCUT2D eigenvalue weighted by atomic mass is 16.2. The van der Waals surface area contributed by atoms with Gasteiger partial charge in [-0.25, -0.2) is 4.79 Å². The highest BCUT2D eigenvalue weighted by Crippen LogP contribution is 2.45. The molecule has 1 saturated carbocycles. The van der Waals surface area contributed by atoms with Gasteiger partial charge in [0.25, 0.3) is 5.56 Å². The summed E-state index contributed by atoms with van der Waals surface area (Å²) in [5.41, 5.74) is 5.08. The van der Waals surface area contributed by atoms with Crippen LogP contribution in [0.25, 0.3) is 0 Å². The lowest BCUT2D eigenvalue weighted by atomic mass is 9.67. The summed E-state index contributed by atoms with van der Waals surface area (Å²) < 4.78 is 1.48. The first-order chi connectivity index (χ1) is 7.56. The Bertz CT molecular complexity index is 491. The Kier molecular flexibility index (Phi) is 2.61. The predicted octanol–water partition coefficient (Wildman–Crippen LogP) is 0.699. The van der Waals surface area contributed by atoms with Gasteiger partial charge in [-0.15, -0.1) is 0 Å². The lowest BCUT2D eigenvalue weighted by Crippen LogP contribution is -2.40. The van der Waals surface area contributed by atoms with Crippen molar-refractivity contribution < 1.29 is 0 Å². The van der Waals surface area contributed by atoms with Gasteiger partial charge in [0.2, 0.25) is 0 Å². The standard InChI is InChI=1S/C11H17N3O2/c1-2-11(4-3-5-11)7-14-8(12)6-9(15)13-10(14)16/h6H,2-5,7,12H2,1H3,(H,13,15,16). The molecule has 1 aromatic heterocycles. The number of hydrogen-bond acceptors (Lipinski definition) is 3. The molecule has 1 heterocycles. The van der Waals surface area contributed by atoms with Crippen molar-refractivity contribution in [1.29, 1.82) is 0 Å². The molecule has 1 fully saturated rings. The van der Waals surface area contributed by atoms with E-state index in [-0.39, 0.29) is 11.2 Å². The number of rotatable bonds is 3. The number of nitrogen functional groups attached to an aromatic ring is 1. The third-order valence-corrected chi connectivity index (χ3v) is 3.72. The van der Waals surface area contributed by atoms with E-state index in [1.54, 1.807) is 0 Å². The quantitative estimate of drug-likeness (QED) is 0.791. The second-order valence-corrected chi connectivity index (χ2v) is 4.66. The van der Waals surface area contributed by atoms with E-state index in [0.29, 0.717) is 6.54 Å². The second-order valence-electron chi connectivity index (χ2n) is 4.66. The number of aromatic nitrogens is 2. The number of anilines is 1. The van der Waals surface area contributed by atoms with Crippen LogP contribution in [0.2, 0.25) is 0 Å². The van der Waals surface area contributed by atoms with E-state index in [1.165, 1.54) is 17.1 Å². The van der Waals surface area contributed by atoms with Crippen LogP contribution in [0.4, 0.5) is 5.82 Å². The number of aromatic amines is 1. The Balaban J connectivity index is 2.35. The molecule has 3 N–H and O–H groups in total. The Hall–Kier alpha value is -1.52. The number of nitrogens with one attached hydrogen (secondary N) is 1. The lowest BCUT2D eigenvalue weighted by Gasteiger charge is -2.41. The van der Waals surface area contributed by atoms with Gasteiger partial charge in [-0.05, 0) is 24.7 Å². The highest BCUT2D eigenvalue weighted by Gasteiger charge is 2.36. The SMILES string of the molecule is CCC1(Cn2c(N)cc(=O)[nH]c2=O)CCC1. The van der Waals surface area contributed by atoms with Crippen LogP contribution in [-0.4, -0.2) is 9.55 Å². The van der Waals surface area contributed by atoms with Gasteiger partial charge in [-0.1, -0.05) is 13.3 Å². The first kappa shape index (κ1) is 11.0. The fraction of sp³-hybridized carbons (Fsp3) is 0.636. The number of nitrogens with zero attached hydrogens (tertiary/aromatic N) is 1. The molecule has 0 radical (unpaired) electrons. The van der Waals surface area contributed by atoms with E-state index in [1.807, 2.05) is 0 Å². The molecule has 0 aliphatic heterocycles. The molecule has 0 saturated heterocycles. The summed E-state index contributed by atoms with van der Waals surface area (Å²) in [5.74, 6) is 0.258. The zero-order valence-electron chi connectivity index (χ0n) is 9.45. The minimum absolute atomic E-state index is 0.205. The van der Waals surface area contributed by atoms with Crippen LogP contribution in [0.15, 0.2) is 15.7 Å². The highest BCUT2D eigenvalue weighted by molar-refractivity contribution is 5.26. The van der Waals surface area contributed by atoms with Crippen LogP contribution in [0, 0.1) is 5.41 Å². The summed E-state index contributed by atoms with van der Waals surface area (Å²) in [4.78, 5) is 24.9. The van der Waals surface area contributed by atoms with Gasteiger partial charge < -0.3 is 5.73 Å². The smallest absolute Gasteiger partial charge is 0.329 e. The maximum absolute atomic E-state index is 11.6. The van der Waals surface area contributed by atoms with Crippen molar-refractivity contribution in [2.75, 3.05) is 5.73 Å². The maximum Gasteiger partial charge on any atom is 0.329 e. The monoisotopic (exact) mass is 223 g/mol. The van der Waals surface area contributed by atoms with E-state index in [9.17, 15) is 9.59 Å². The fourth-order valence-electron chi connectivity index (χ4n) is 2.34. The van der Waals surface area contributed by atoms with Crippen molar-refractivity contribution in [3.05, 3.63) is 26.9 Å². The summed E-state index contributed by atoms with van der Waals surface area (Å²) in [6.45, 7) is 2.75.